The molecule has 0 aromatic carbocycles. The molecule has 98 valence electrons. The minimum absolute atomic E-state index is 0.0958. The van der Waals surface area contributed by atoms with Crippen molar-refractivity contribution >= 4 is 5.91 Å². The maximum absolute atomic E-state index is 12.1. The molecule has 1 aliphatic rings. The second-order valence-corrected chi connectivity index (χ2v) is 5.10. The summed E-state index contributed by atoms with van der Waals surface area (Å²) in [6.45, 7) is 4.34. The highest BCUT2D eigenvalue weighted by atomic mass is 16.1. The number of hydrogen-bond acceptors (Lipinski definition) is 4. The van der Waals surface area contributed by atoms with Crippen molar-refractivity contribution in [1.29, 1.82) is 0 Å². The summed E-state index contributed by atoms with van der Waals surface area (Å²) in [6.07, 6.45) is 3.83. The first-order chi connectivity index (χ1) is 8.54. The number of aryl methyl sites for hydroxylation is 2. The Morgan fingerprint density at radius 2 is 2.22 bits per heavy atom. The molecule has 0 saturated heterocycles. The Kier molecular flexibility index (Phi) is 3.61. The van der Waals surface area contributed by atoms with E-state index >= 15 is 0 Å². The second-order valence-electron chi connectivity index (χ2n) is 5.10. The monoisotopic (exact) mass is 248 g/mol. The van der Waals surface area contributed by atoms with Gasteiger partial charge in [0.2, 0.25) is 0 Å². The van der Waals surface area contributed by atoms with Gasteiger partial charge in [-0.2, -0.15) is 10.2 Å². The largest absolute Gasteiger partial charge is 0.350 e. The Morgan fingerprint density at radius 1 is 1.50 bits per heavy atom. The quantitative estimate of drug-likeness (QED) is 0.831. The number of nitrogens with one attached hydrogen (secondary N) is 1. The molecule has 1 aliphatic carbocycles. The molecule has 0 spiro atoms. The Labute approximate surface area is 107 Å². The van der Waals surface area contributed by atoms with Crippen molar-refractivity contribution in [2.24, 2.45) is 5.73 Å². The van der Waals surface area contributed by atoms with Gasteiger partial charge in [-0.3, -0.25) is 4.79 Å². The van der Waals surface area contributed by atoms with Gasteiger partial charge in [-0.15, -0.1) is 0 Å². The number of nitrogens with two attached hydrogens (primary N) is 1. The first-order valence-electron chi connectivity index (χ1n) is 6.44. The Bertz CT molecular complexity index is 454. The van der Waals surface area contributed by atoms with Crippen LogP contribution in [0.3, 0.4) is 0 Å². The van der Waals surface area contributed by atoms with Gasteiger partial charge < -0.3 is 11.1 Å². The van der Waals surface area contributed by atoms with Gasteiger partial charge in [0.25, 0.3) is 5.91 Å². The maximum Gasteiger partial charge on any atom is 0.253 e. The van der Waals surface area contributed by atoms with Crippen LogP contribution in [0.5, 0.6) is 0 Å². The number of rotatable bonds is 4. The van der Waals surface area contributed by atoms with Crippen molar-refractivity contribution in [3.63, 3.8) is 0 Å². The van der Waals surface area contributed by atoms with Crippen molar-refractivity contribution in [2.45, 2.75) is 45.1 Å². The van der Waals surface area contributed by atoms with E-state index in [2.05, 4.69) is 15.5 Å². The van der Waals surface area contributed by atoms with Gasteiger partial charge in [-0.1, -0.05) is 6.92 Å². The van der Waals surface area contributed by atoms with E-state index in [1.165, 1.54) is 0 Å². The minimum Gasteiger partial charge on any atom is -0.350 e. The summed E-state index contributed by atoms with van der Waals surface area (Å²) < 4.78 is 0. The lowest BCUT2D eigenvalue weighted by Gasteiger charge is -2.38. The summed E-state index contributed by atoms with van der Waals surface area (Å²) in [5, 5.41) is 10.9. The molecule has 0 radical (unpaired) electrons. The molecule has 1 aromatic rings. The number of aromatic nitrogens is 2. The average molecular weight is 248 g/mol. The van der Waals surface area contributed by atoms with Crippen molar-refractivity contribution in [3.8, 4) is 0 Å². The van der Waals surface area contributed by atoms with Gasteiger partial charge in [-0.05, 0) is 38.7 Å². The number of carbonyl (C=O) groups is 1. The third-order valence-corrected chi connectivity index (χ3v) is 3.52. The topological polar surface area (TPSA) is 80.9 Å². The molecule has 2 rings (SSSR count). The molecule has 1 aromatic heterocycles. The molecule has 3 N–H and O–H groups in total. The average Bonchev–Trinajstić information content (AvgIpc) is 2.33. The molecule has 5 heteroatoms. The molecule has 0 unspecified atom stereocenters. The van der Waals surface area contributed by atoms with E-state index in [1.807, 2.05) is 13.8 Å². The lowest BCUT2D eigenvalue weighted by atomic mass is 9.78. The first kappa shape index (κ1) is 13.0. The van der Waals surface area contributed by atoms with Crippen LogP contribution in [0.4, 0.5) is 0 Å². The van der Waals surface area contributed by atoms with E-state index in [-0.39, 0.29) is 11.4 Å². The van der Waals surface area contributed by atoms with Gasteiger partial charge in [0, 0.05) is 12.1 Å². The maximum atomic E-state index is 12.1. The van der Waals surface area contributed by atoms with Crippen LogP contribution in [0.2, 0.25) is 0 Å². The Hall–Kier alpha value is -1.49. The highest BCUT2D eigenvalue weighted by Gasteiger charge is 2.32. The van der Waals surface area contributed by atoms with E-state index in [0.29, 0.717) is 18.5 Å². The highest BCUT2D eigenvalue weighted by Crippen LogP contribution is 2.28. The molecule has 18 heavy (non-hydrogen) atoms. The minimum atomic E-state index is -0.197. The summed E-state index contributed by atoms with van der Waals surface area (Å²) in [4.78, 5) is 12.1. The fourth-order valence-electron chi connectivity index (χ4n) is 2.13. The molecule has 1 fully saturated rings. The molecule has 0 atom stereocenters. The Balaban J connectivity index is 2.05. The predicted molar refractivity (Wildman–Crippen MR) is 69.2 cm³/mol. The van der Waals surface area contributed by atoms with Crippen molar-refractivity contribution in [2.75, 3.05) is 6.54 Å². The molecule has 0 bridgehead atoms. The lowest BCUT2D eigenvalue weighted by molar-refractivity contribution is 0.0928. The summed E-state index contributed by atoms with van der Waals surface area (Å²) >= 11 is 0. The molecule has 5 nitrogen and oxygen atoms in total. The lowest BCUT2D eigenvalue weighted by Crippen LogP contribution is -2.55. The Morgan fingerprint density at radius 3 is 2.78 bits per heavy atom. The number of carbonyl (C=O) groups excluding carboxylic acids is 1. The van der Waals surface area contributed by atoms with Gasteiger partial charge >= 0.3 is 0 Å². The fraction of sp³-hybridized carbons (Fsp3) is 0.615. The molecule has 1 amide bonds. The van der Waals surface area contributed by atoms with E-state index in [9.17, 15) is 4.79 Å². The molecular weight excluding hydrogens is 228 g/mol. The van der Waals surface area contributed by atoms with Gasteiger partial charge in [0.05, 0.1) is 17.0 Å². The van der Waals surface area contributed by atoms with E-state index in [0.717, 1.165) is 30.7 Å². The zero-order valence-electron chi connectivity index (χ0n) is 11.0. The number of amides is 1. The van der Waals surface area contributed by atoms with Crippen LogP contribution < -0.4 is 11.1 Å². The van der Waals surface area contributed by atoms with Gasteiger partial charge in [0.15, 0.2) is 0 Å². The predicted octanol–water partition coefficient (Wildman–Crippen LogP) is 0.959. The van der Waals surface area contributed by atoms with Crippen LogP contribution in [0.25, 0.3) is 0 Å². The fourth-order valence-corrected chi connectivity index (χ4v) is 2.13. The summed E-state index contributed by atoms with van der Waals surface area (Å²) in [5.74, 6) is -0.0958. The van der Waals surface area contributed by atoms with Crippen LogP contribution in [0.1, 0.15) is 47.9 Å². The van der Waals surface area contributed by atoms with Crippen LogP contribution in [-0.2, 0) is 6.42 Å². The van der Waals surface area contributed by atoms with Gasteiger partial charge in [-0.25, -0.2) is 0 Å². The summed E-state index contributed by atoms with van der Waals surface area (Å²) in [5.41, 5.74) is 8.00. The molecule has 1 saturated carbocycles. The van der Waals surface area contributed by atoms with Crippen LogP contribution in [-0.4, -0.2) is 28.2 Å². The van der Waals surface area contributed by atoms with Crippen molar-refractivity contribution in [3.05, 3.63) is 23.0 Å². The van der Waals surface area contributed by atoms with Crippen LogP contribution in [0, 0.1) is 6.92 Å². The molecule has 1 heterocycles. The number of hydrogen-bond donors (Lipinski definition) is 2. The van der Waals surface area contributed by atoms with E-state index < -0.39 is 0 Å². The van der Waals surface area contributed by atoms with Gasteiger partial charge in [0.1, 0.15) is 0 Å². The number of nitrogens with zero attached hydrogens (tertiary/aromatic N) is 2. The summed E-state index contributed by atoms with van der Waals surface area (Å²) in [6, 6.07) is 1.78. The third kappa shape index (κ3) is 2.67. The van der Waals surface area contributed by atoms with E-state index in [1.54, 1.807) is 6.07 Å². The zero-order chi connectivity index (χ0) is 13.2. The highest BCUT2D eigenvalue weighted by molar-refractivity contribution is 5.95. The standard InChI is InChI=1S/C13H20N4O/c1-3-11-10(7-9(2)16-17-11)12(18)15-8-13(14)5-4-6-13/h7H,3-6,8,14H2,1-2H3,(H,15,18). The van der Waals surface area contributed by atoms with Crippen molar-refractivity contribution in [1.82, 2.24) is 15.5 Å². The zero-order valence-corrected chi connectivity index (χ0v) is 11.0. The van der Waals surface area contributed by atoms with Crippen molar-refractivity contribution < 1.29 is 4.79 Å². The third-order valence-electron chi connectivity index (χ3n) is 3.52. The van der Waals surface area contributed by atoms with Crippen LogP contribution >= 0.6 is 0 Å². The molecular formula is C13H20N4O. The van der Waals surface area contributed by atoms with E-state index in [4.69, 9.17) is 5.73 Å². The smallest absolute Gasteiger partial charge is 0.253 e. The second kappa shape index (κ2) is 5.02. The SMILES string of the molecule is CCc1nnc(C)cc1C(=O)NCC1(N)CCC1. The summed E-state index contributed by atoms with van der Waals surface area (Å²) in [7, 11) is 0. The normalized spacial score (nSPS) is 17.1. The molecule has 0 aliphatic heterocycles. The first-order valence-corrected chi connectivity index (χ1v) is 6.44. The van der Waals surface area contributed by atoms with Crippen LogP contribution in [0.15, 0.2) is 6.07 Å².